The first-order valence-corrected chi connectivity index (χ1v) is 6.87. The van der Waals surface area contributed by atoms with E-state index in [2.05, 4.69) is 24.0 Å². The maximum Gasteiger partial charge on any atom is 0.222 e. The van der Waals surface area contributed by atoms with Gasteiger partial charge in [-0.15, -0.1) is 10.2 Å². The van der Waals surface area contributed by atoms with Crippen molar-refractivity contribution >= 4 is 0 Å². The molecule has 1 aromatic heterocycles. The lowest BCUT2D eigenvalue weighted by atomic mass is 9.50. The highest BCUT2D eigenvalue weighted by Gasteiger charge is 2.52. The maximum absolute atomic E-state index is 5.71. The van der Waals surface area contributed by atoms with E-state index in [0.29, 0.717) is 11.3 Å². The van der Waals surface area contributed by atoms with Gasteiger partial charge in [0.05, 0.1) is 0 Å². The Kier molecular flexibility index (Phi) is 2.36. The molecule has 0 radical (unpaired) electrons. The number of rotatable bonds is 2. The molecule has 3 heteroatoms. The van der Waals surface area contributed by atoms with Crippen LogP contribution in [0.4, 0.5) is 0 Å². The Bertz CT molecular complexity index is 397. The van der Waals surface area contributed by atoms with Crippen molar-refractivity contribution in [1.29, 1.82) is 0 Å². The highest BCUT2D eigenvalue weighted by molar-refractivity contribution is 5.13. The van der Waals surface area contributed by atoms with Crippen molar-refractivity contribution in [3.63, 3.8) is 0 Å². The Hall–Kier alpha value is -0.860. The molecule has 94 valence electrons. The molecular weight excluding hydrogens is 212 g/mol. The van der Waals surface area contributed by atoms with E-state index >= 15 is 0 Å². The van der Waals surface area contributed by atoms with Crippen molar-refractivity contribution in [2.45, 2.75) is 64.7 Å². The molecule has 0 aliphatic heterocycles. The number of fused-ring (bicyclic) bond motifs is 3. The van der Waals surface area contributed by atoms with Crippen LogP contribution in [0.3, 0.4) is 0 Å². The molecular formula is C14H22N2O. The van der Waals surface area contributed by atoms with Gasteiger partial charge in [-0.2, -0.15) is 0 Å². The summed E-state index contributed by atoms with van der Waals surface area (Å²) >= 11 is 0. The summed E-state index contributed by atoms with van der Waals surface area (Å²) in [5.41, 5.74) is 0.828. The van der Waals surface area contributed by atoms with Gasteiger partial charge >= 0.3 is 0 Å². The van der Waals surface area contributed by atoms with Crippen LogP contribution < -0.4 is 0 Å². The zero-order valence-corrected chi connectivity index (χ0v) is 11.1. The summed E-state index contributed by atoms with van der Waals surface area (Å²) in [6.07, 6.45) is 7.75. The summed E-state index contributed by atoms with van der Waals surface area (Å²) in [4.78, 5) is 0. The van der Waals surface area contributed by atoms with E-state index in [1.165, 1.54) is 38.5 Å². The molecule has 0 amide bonds. The molecule has 0 saturated heterocycles. The third-order valence-corrected chi connectivity index (χ3v) is 5.51. The maximum atomic E-state index is 5.71. The predicted molar refractivity (Wildman–Crippen MR) is 65.7 cm³/mol. The van der Waals surface area contributed by atoms with E-state index in [1.54, 1.807) is 0 Å². The average molecular weight is 234 g/mol. The minimum Gasteiger partial charge on any atom is -0.425 e. The largest absolute Gasteiger partial charge is 0.425 e. The summed E-state index contributed by atoms with van der Waals surface area (Å²) < 4.78 is 5.71. The molecule has 3 aliphatic carbocycles. The van der Waals surface area contributed by atoms with E-state index in [9.17, 15) is 0 Å². The van der Waals surface area contributed by atoms with Gasteiger partial charge < -0.3 is 4.42 Å². The number of aryl methyl sites for hydroxylation is 1. The van der Waals surface area contributed by atoms with E-state index in [-0.39, 0.29) is 5.41 Å². The van der Waals surface area contributed by atoms with Crippen LogP contribution in [0.15, 0.2) is 4.42 Å². The lowest BCUT2D eigenvalue weighted by Crippen LogP contribution is -2.46. The van der Waals surface area contributed by atoms with Gasteiger partial charge in [-0.05, 0) is 49.9 Å². The van der Waals surface area contributed by atoms with E-state index in [0.717, 1.165) is 11.8 Å². The summed E-state index contributed by atoms with van der Waals surface area (Å²) in [5.74, 6) is 2.43. The van der Waals surface area contributed by atoms with Crippen molar-refractivity contribution in [1.82, 2.24) is 10.2 Å². The quantitative estimate of drug-likeness (QED) is 0.784. The zero-order valence-electron chi connectivity index (χ0n) is 11.1. The SMILES string of the molecule is Cc1nnc(C23CCC(C(C)C)(CC2)CC3)o1. The number of aromatic nitrogens is 2. The van der Waals surface area contributed by atoms with Crippen LogP contribution in [0, 0.1) is 18.3 Å². The zero-order chi connectivity index (χ0) is 12.1. The fourth-order valence-corrected chi connectivity index (χ4v) is 3.91. The molecule has 4 rings (SSSR count). The molecule has 3 saturated carbocycles. The highest BCUT2D eigenvalue weighted by Crippen LogP contribution is 2.60. The van der Waals surface area contributed by atoms with Crippen LogP contribution in [0.2, 0.25) is 0 Å². The molecule has 3 fully saturated rings. The molecule has 1 aromatic rings. The number of hydrogen-bond acceptors (Lipinski definition) is 3. The smallest absolute Gasteiger partial charge is 0.222 e. The van der Waals surface area contributed by atoms with Gasteiger partial charge in [0.2, 0.25) is 11.8 Å². The second-order valence-corrected chi connectivity index (χ2v) is 6.42. The van der Waals surface area contributed by atoms with Crippen molar-refractivity contribution in [3.8, 4) is 0 Å². The molecule has 0 atom stereocenters. The summed E-state index contributed by atoms with van der Waals surface area (Å²) in [7, 11) is 0. The van der Waals surface area contributed by atoms with Gasteiger partial charge in [-0.1, -0.05) is 13.8 Å². The fraction of sp³-hybridized carbons (Fsp3) is 0.857. The van der Waals surface area contributed by atoms with Gasteiger partial charge in [0.15, 0.2) is 0 Å². The Morgan fingerprint density at radius 1 is 1.00 bits per heavy atom. The molecule has 17 heavy (non-hydrogen) atoms. The fourth-order valence-electron chi connectivity index (χ4n) is 3.91. The van der Waals surface area contributed by atoms with Gasteiger partial charge in [0.1, 0.15) is 0 Å². The lowest BCUT2D eigenvalue weighted by molar-refractivity contribution is -0.00895. The average Bonchev–Trinajstić information content (AvgIpc) is 2.79. The van der Waals surface area contributed by atoms with Crippen LogP contribution in [0.25, 0.3) is 0 Å². The Morgan fingerprint density at radius 2 is 1.59 bits per heavy atom. The van der Waals surface area contributed by atoms with Crippen LogP contribution in [0.5, 0.6) is 0 Å². The monoisotopic (exact) mass is 234 g/mol. The summed E-state index contributed by atoms with van der Waals surface area (Å²) in [6, 6.07) is 0. The van der Waals surface area contributed by atoms with Crippen molar-refractivity contribution in [2.75, 3.05) is 0 Å². The van der Waals surface area contributed by atoms with Crippen LogP contribution in [-0.2, 0) is 5.41 Å². The van der Waals surface area contributed by atoms with E-state index in [1.807, 2.05) is 6.92 Å². The second-order valence-electron chi connectivity index (χ2n) is 6.42. The predicted octanol–water partition coefficient (Wildman–Crippen LogP) is 3.63. The third-order valence-electron chi connectivity index (χ3n) is 5.51. The van der Waals surface area contributed by atoms with Crippen molar-refractivity contribution in [3.05, 3.63) is 11.8 Å². The van der Waals surface area contributed by atoms with E-state index in [4.69, 9.17) is 4.42 Å². The Morgan fingerprint density at radius 3 is 2.00 bits per heavy atom. The normalized spacial score (nSPS) is 36.7. The molecule has 3 nitrogen and oxygen atoms in total. The second kappa shape index (κ2) is 3.56. The topological polar surface area (TPSA) is 38.9 Å². The molecule has 3 aliphatic rings. The van der Waals surface area contributed by atoms with Gasteiger partial charge in [0, 0.05) is 12.3 Å². The van der Waals surface area contributed by atoms with Gasteiger partial charge in [-0.25, -0.2) is 0 Å². The first-order chi connectivity index (χ1) is 8.06. The standard InChI is InChI=1S/C14H22N2O/c1-10(2)13-4-7-14(8-5-13,9-6-13)12-16-15-11(3)17-12/h10H,4-9H2,1-3H3. The lowest BCUT2D eigenvalue weighted by Gasteiger charge is -2.54. The highest BCUT2D eigenvalue weighted by atomic mass is 16.4. The van der Waals surface area contributed by atoms with Crippen LogP contribution in [-0.4, -0.2) is 10.2 Å². The van der Waals surface area contributed by atoms with Crippen LogP contribution >= 0.6 is 0 Å². The Labute approximate surface area is 103 Å². The first-order valence-electron chi connectivity index (χ1n) is 6.87. The van der Waals surface area contributed by atoms with Crippen molar-refractivity contribution in [2.24, 2.45) is 11.3 Å². The Balaban J connectivity index is 1.86. The number of hydrogen-bond donors (Lipinski definition) is 0. The molecule has 0 N–H and O–H groups in total. The number of nitrogens with zero attached hydrogens (tertiary/aromatic N) is 2. The summed E-state index contributed by atoms with van der Waals surface area (Å²) in [5, 5.41) is 8.30. The van der Waals surface area contributed by atoms with Gasteiger partial charge in [0.25, 0.3) is 0 Å². The van der Waals surface area contributed by atoms with Crippen molar-refractivity contribution < 1.29 is 4.42 Å². The first kappa shape index (κ1) is 11.2. The molecule has 0 aromatic carbocycles. The van der Waals surface area contributed by atoms with Gasteiger partial charge in [-0.3, -0.25) is 0 Å². The van der Waals surface area contributed by atoms with Crippen LogP contribution in [0.1, 0.15) is 64.2 Å². The minimum atomic E-state index is 0.220. The summed E-state index contributed by atoms with van der Waals surface area (Å²) in [6.45, 7) is 6.65. The molecule has 2 bridgehead atoms. The van der Waals surface area contributed by atoms with E-state index < -0.39 is 0 Å². The third kappa shape index (κ3) is 1.54. The minimum absolute atomic E-state index is 0.220. The molecule has 1 heterocycles. The molecule has 0 spiro atoms. The molecule has 0 unspecified atom stereocenters.